The van der Waals surface area contributed by atoms with E-state index in [4.69, 9.17) is 4.52 Å². The van der Waals surface area contributed by atoms with Crippen LogP contribution in [0.25, 0.3) is 0 Å². The molecule has 0 saturated carbocycles. The van der Waals surface area contributed by atoms with Crippen LogP contribution in [0.4, 0.5) is 0 Å². The number of nitrogens with zero attached hydrogens (tertiary/aromatic N) is 1. The molecule has 0 spiro atoms. The second-order valence-electron chi connectivity index (χ2n) is 3.95. The summed E-state index contributed by atoms with van der Waals surface area (Å²) in [6.07, 6.45) is 1.67. The normalized spacial score (nSPS) is 22.8. The first kappa shape index (κ1) is 11.3. The lowest BCUT2D eigenvalue weighted by molar-refractivity contribution is 0.391. The molecule has 1 aromatic heterocycles. The highest BCUT2D eigenvalue weighted by molar-refractivity contribution is 7.94. The number of hydrogen-bond donors (Lipinski definition) is 1. The van der Waals surface area contributed by atoms with Crippen molar-refractivity contribution in [2.24, 2.45) is 0 Å². The van der Waals surface area contributed by atoms with Gasteiger partial charge in [-0.2, -0.15) is 0 Å². The second-order valence-corrected chi connectivity index (χ2v) is 5.88. The van der Waals surface area contributed by atoms with Crippen molar-refractivity contribution >= 4 is 9.84 Å². The summed E-state index contributed by atoms with van der Waals surface area (Å²) in [6, 6.07) is -0.112. The molecule has 1 aliphatic rings. The molecule has 2 heterocycles. The fraction of sp³-hybridized carbons (Fsp3) is 0.500. The molecule has 2 rings (SSSR count). The van der Waals surface area contributed by atoms with E-state index in [-0.39, 0.29) is 11.8 Å². The van der Waals surface area contributed by atoms with Crippen LogP contribution < -0.4 is 5.32 Å². The van der Waals surface area contributed by atoms with E-state index in [0.29, 0.717) is 6.54 Å². The van der Waals surface area contributed by atoms with Crippen molar-refractivity contribution in [3.05, 3.63) is 28.5 Å². The Morgan fingerprint density at radius 3 is 2.81 bits per heavy atom. The molecule has 1 aromatic rings. The Kier molecular flexibility index (Phi) is 2.86. The maximum atomic E-state index is 11.2. The quantitative estimate of drug-likeness (QED) is 0.844. The van der Waals surface area contributed by atoms with E-state index < -0.39 is 9.84 Å². The van der Waals surface area contributed by atoms with Gasteiger partial charge >= 0.3 is 0 Å². The third-order valence-corrected chi connectivity index (χ3v) is 4.05. The first-order valence-corrected chi connectivity index (χ1v) is 6.75. The molecule has 1 atom stereocenters. The first-order valence-electron chi connectivity index (χ1n) is 5.04. The maximum Gasteiger partial charge on any atom is 0.173 e. The summed E-state index contributed by atoms with van der Waals surface area (Å²) < 4.78 is 27.4. The van der Waals surface area contributed by atoms with Gasteiger partial charge in [0.1, 0.15) is 5.76 Å². The molecular formula is C10H14N2O3S. The van der Waals surface area contributed by atoms with Gasteiger partial charge < -0.3 is 9.84 Å². The van der Waals surface area contributed by atoms with Gasteiger partial charge in [0.15, 0.2) is 9.84 Å². The van der Waals surface area contributed by atoms with Crippen LogP contribution in [-0.4, -0.2) is 25.4 Å². The molecule has 88 valence electrons. The summed E-state index contributed by atoms with van der Waals surface area (Å²) in [5, 5.41) is 8.26. The zero-order chi connectivity index (χ0) is 11.8. The average Bonchev–Trinajstić information content (AvgIpc) is 2.69. The molecule has 6 heteroatoms. The number of aromatic nitrogens is 1. The van der Waals surface area contributed by atoms with Gasteiger partial charge in [0.2, 0.25) is 0 Å². The van der Waals surface area contributed by atoms with Crippen molar-refractivity contribution in [2.75, 3.05) is 5.75 Å². The van der Waals surface area contributed by atoms with Crippen LogP contribution in [0.3, 0.4) is 0 Å². The zero-order valence-electron chi connectivity index (χ0n) is 9.23. The third-order valence-electron chi connectivity index (χ3n) is 2.65. The highest BCUT2D eigenvalue weighted by Gasteiger charge is 2.21. The van der Waals surface area contributed by atoms with Crippen molar-refractivity contribution in [2.45, 2.75) is 26.4 Å². The fourth-order valence-corrected chi connectivity index (χ4v) is 2.96. The van der Waals surface area contributed by atoms with Gasteiger partial charge in [-0.1, -0.05) is 11.2 Å². The summed E-state index contributed by atoms with van der Waals surface area (Å²) in [5.74, 6) is 0.908. The standard InChI is InChI=1S/C10H14N2O3S/c1-7-10(8(2)15-12-7)5-11-9-3-4-16(13,14)6-9/h3-4,9,11H,5-6H2,1-2H3. The Morgan fingerprint density at radius 2 is 2.31 bits per heavy atom. The molecule has 1 aliphatic heterocycles. The summed E-state index contributed by atoms with van der Waals surface area (Å²) in [4.78, 5) is 0. The van der Waals surface area contributed by atoms with Gasteiger partial charge in [-0.15, -0.1) is 0 Å². The van der Waals surface area contributed by atoms with Crippen LogP contribution in [-0.2, 0) is 16.4 Å². The predicted octanol–water partition coefficient (Wildman–Crippen LogP) is 0.692. The molecule has 0 saturated heterocycles. The van der Waals surface area contributed by atoms with Crippen LogP contribution in [0, 0.1) is 13.8 Å². The minimum absolute atomic E-state index is 0.112. The van der Waals surface area contributed by atoms with Crippen molar-refractivity contribution in [1.29, 1.82) is 0 Å². The van der Waals surface area contributed by atoms with Gasteiger partial charge in [0.05, 0.1) is 11.4 Å². The molecule has 16 heavy (non-hydrogen) atoms. The minimum Gasteiger partial charge on any atom is -0.361 e. The lowest BCUT2D eigenvalue weighted by atomic mass is 10.2. The van der Waals surface area contributed by atoms with E-state index in [1.54, 1.807) is 6.08 Å². The highest BCUT2D eigenvalue weighted by atomic mass is 32.2. The van der Waals surface area contributed by atoms with Crippen LogP contribution in [0.2, 0.25) is 0 Å². The predicted molar refractivity (Wildman–Crippen MR) is 59.5 cm³/mol. The van der Waals surface area contributed by atoms with E-state index in [1.165, 1.54) is 5.41 Å². The van der Waals surface area contributed by atoms with Crippen molar-refractivity contribution < 1.29 is 12.9 Å². The van der Waals surface area contributed by atoms with E-state index in [9.17, 15) is 8.42 Å². The summed E-state index contributed by atoms with van der Waals surface area (Å²) in [6.45, 7) is 4.29. The number of sulfone groups is 1. The summed E-state index contributed by atoms with van der Waals surface area (Å²) in [5.41, 5.74) is 1.84. The van der Waals surface area contributed by atoms with Gasteiger partial charge in [0.25, 0.3) is 0 Å². The molecule has 5 nitrogen and oxygen atoms in total. The Hall–Kier alpha value is -1.14. The van der Waals surface area contributed by atoms with Gasteiger partial charge in [0, 0.05) is 23.6 Å². The van der Waals surface area contributed by atoms with E-state index in [2.05, 4.69) is 10.5 Å². The number of nitrogens with one attached hydrogen (secondary N) is 1. The highest BCUT2D eigenvalue weighted by Crippen LogP contribution is 2.13. The Balaban J connectivity index is 1.97. The molecule has 0 aliphatic carbocycles. The number of rotatable bonds is 3. The third kappa shape index (κ3) is 2.33. The van der Waals surface area contributed by atoms with Gasteiger partial charge in [-0.25, -0.2) is 8.42 Å². The lowest BCUT2D eigenvalue weighted by Crippen LogP contribution is -2.29. The van der Waals surface area contributed by atoms with E-state index >= 15 is 0 Å². The molecule has 0 fully saturated rings. The summed E-state index contributed by atoms with van der Waals surface area (Å²) >= 11 is 0. The Morgan fingerprint density at radius 1 is 1.56 bits per heavy atom. The molecule has 0 radical (unpaired) electrons. The van der Waals surface area contributed by atoms with E-state index in [1.807, 2.05) is 13.8 Å². The fourth-order valence-electron chi connectivity index (χ4n) is 1.69. The Bertz CT molecular complexity index is 497. The van der Waals surface area contributed by atoms with Gasteiger partial charge in [-0.05, 0) is 13.8 Å². The van der Waals surface area contributed by atoms with Crippen LogP contribution in [0.5, 0.6) is 0 Å². The van der Waals surface area contributed by atoms with Crippen LogP contribution in [0.1, 0.15) is 17.0 Å². The molecule has 1 unspecified atom stereocenters. The van der Waals surface area contributed by atoms with Crippen molar-refractivity contribution in [3.8, 4) is 0 Å². The SMILES string of the molecule is Cc1noc(C)c1CNC1C=CS(=O)(=O)C1. The first-order chi connectivity index (χ1) is 7.48. The number of hydrogen-bond acceptors (Lipinski definition) is 5. The molecule has 0 bridgehead atoms. The van der Waals surface area contributed by atoms with Crippen LogP contribution in [0.15, 0.2) is 16.0 Å². The second kappa shape index (κ2) is 4.03. The molecule has 1 N–H and O–H groups in total. The monoisotopic (exact) mass is 242 g/mol. The minimum atomic E-state index is -2.99. The molecule has 0 amide bonds. The average molecular weight is 242 g/mol. The Labute approximate surface area is 94.4 Å². The summed E-state index contributed by atoms with van der Waals surface area (Å²) in [7, 11) is -2.99. The smallest absolute Gasteiger partial charge is 0.173 e. The van der Waals surface area contributed by atoms with Gasteiger partial charge in [-0.3, -0.25) is 0 Å². The largest absolute Gasteiger partial charge is 0.361 e. The lowest BCUT2D eigenvalue weighted by Gasteiger charge is -2.08. The topological polar surface area (TPSA) is 72.2 Å². The van der Waals surface area contributed by atoms with Crippen molar-refractivity contribution in [1.82, 2.24) is 10.5 Å². The van der Waals surface area contributed by atoms with Crippen LogP contribution >= 0.6 is 0 Å². The molecular weight excluding hydrogens is 228 g/mol. The maximum absolute atomic E-state index is 11.2. The van der Waals surface area contributed by atoms with Crippen molar-refractivity contribution in [3.63, 3.8) is 0 Å². The zero-order valence-corrected chi connectivity index (χ0v) is 10.0. The van der Waals surface area contributed by atoms with E-state index in [0.717, 1.165) is 17.0 Å². The number of aryl methyl sites for hydroxylation is 2. The molecule has 0 aromatic carbocycles.